The number of carboxylic acids is 1. The minimum atomic E-state index is -2.47. The molecule has 2 saturated heterocycles. The lowest BCUT2D eigenvalue weighted by Gasteiger charge is -2.67. The van der Waals surface area contributed by atoms with Crippen molar-refractivity contribution in [2.24, 2.45) is 16.7 Å². The number of ether oxygens (including phenoxy) is 7. The van der Waals surface area contributed by atoms with Crippen LogP contribution in [0.3, 0.4) is 0 Å². The molecule has 2 aromatic rings. The predicted molar refractivity (Wildman–Crippen MR) is 233 cm³/mol. The van der Waals surface area contributed by atoms with Gasteiger partial charge in [0, 0.05) is 25.2 Å². The number of ketones is 1. The van der Waals surface area contributed by atoms with Gasteiger partial charge in [0.15, 0.2) is 23.6 Å². The minimum Gasteiger partial charge on any atom is -0.479 e. The highest BCUT2D eigenvalue weighted by molar-refractivity contribution is 5.94. The molecular weight excluding hydrogens is 891 g/mol. The summed E-state index contributed by atoms with van der Waals surface area (Å²) in [6.45, 7) is 11.4. The molecule has 2 heterocycles. The first-order chi connectivity index (χ1) is 31.8. The normalized spacial score (nSPS) is 33.7. The molecule has 2 aliphatic heterocycles. The van der Waals surface area contributed by atoms with E-state index in [1.54, 1.807) is 57.2 Å². The van der Waals surface area contributed by atoms with E-state index in [0.717, 1.165) is 6.92 Å². The Kier molecular flexibility index (Phi) is 13.5. The van der Waals surface area contributed by atoms with Gasteiger partial charge >= 0.3 is 35.9 Å². The summed E-state index contributed by atoms with van der Waals surface area (Å²) in [7, 11) is 0. The van der Waals surface area contributed by atoms with Crippen molar-refractivity contribution in [1.82, 2.24) is 5.32 Å². The number of hydrogen-bond donors (Lipinski definition) is 5. The molecule has 2 unspecified atom stereocenters. The Hall–Kier alpha value is -5.73. The Bertz CT molecular complexity index is 2360. The molecule has 5 N–H and O–H groups in total. The zero-order valence-corrected chi connectivity index (χ0v) is 39.1. The van der Waals surface area contributed by atoms with Gasteiger partial charge in [-0.05, 0) is 76.3 Å². The van der Waals surface area contributed by atoms with Crippen molar-refractivity contribution in [3.8, 4) is 0 Å². The number of alkyl carbamates (subject to hydrolysis) is 1. The molecule has 1 amide bonds. The first-order valence-corrected chi connectivity index (χ1v) is 22.5. The number of aliphatic hydroxyl groups excluding tert-OH is 2. The second-order valence-corrected chi connectivity index (χ2v) is 20.0. The number of fused-ring (bicyclic) bond motifs is 5. The fourth-order valence-corrected chi connectivity index (χ4v) is 10.9. The number of aliphatic hydroxyl groups is 3. The van der Waals surface area contributed by atoms with E-state index in [1.807, 2.05) is 0 Å². The molecule has 0 radical (unpaired) electrons. The third kappa shape index (κ3) is 8.78. The van der Waals surface area contributed by atoms with Crippen molar-refractivity contribution in [3.05, 3.63) is 82.9 Å². The Labute approximate surface area is 392 Å². The van der Waals surface area contributed by atoms with Crippen LogP contribution in [0.2, 0.25) is 0 Å². The van der Waals surface area contributed by atoms with Crippen molar-refractivity contribution >= 4 is 41.7 Å². The molecular formula is C49H59NO18. The topological polar surface area (TPSA) is 277 Å². The number of esters is 4. The Morgan fingerprint density at radius 1 is 0.897 bits per heavy atom. The maximum Gasteiger partial charge on any atom is 0.408 e. The van der Waals surface area contributed by atoms with Crippen molar-refractivity contribution < 1.29 is 87.1 Å². The summed E-state index contributed by atoms with van der Waals surface area (Å²) >= 11 is 0. The van der Waals surface area contributed by atoms with Gasteiger partial charge in [0.25, 0.3) is 0 Å². The quantitative estimate of drug-likeness (QED) is 0.123. The van der Waals surface area contributed by atoms with Crippen LogP contribution < -0.4 is 5.32 Å². The van der Waals surface area contributed by atoms with E-state index < -0.39 is 137 Å². The standard InChI is InChI=1S/C49H59NO18/c1-24-30(64-43(59)36(65-42(58)29-20-19-28(63-29)40(55)56)34(26-15-11-9-12-16-26)50-44(60)68-45(3,4)5)22-49(61)39(66-41(57)27-17-13-10-14-18-27)37-47(8,38(54)35(53)33(24)46(49,6)7)31(52)21-32-48(37,23-62-32)67-25(2)51/h9-18,28-32,34-37,39,52-53,61H,19-23H2,1-8H3,(H,50,60)(H,55,56)/t28?,29?,30-,31-,32+,34-,35+,36+,37-,39-,47+,48-,49+/m0/s1. The average Bonchev–Trinajstić information content (AvgIpc) is 3.77. The van der Waals surface area contributed by atoms with Crippen LogP contribution in [-0.2, 0) is 57.1 Å². The maximum absolute atomic E-state index is 15.2. The fraction of sp³-hybridized carbons (Fsp3) is 0.571. The summed E-state index contributed by atoms with van der Waals surface area (Å²) in [5.74, 6) is -8.17. The van der Waals surface area contributed by atoms with E-state index in [0.29, 0.717) is 0 Å². The lowest BCUT2D eigenvalue weighted by Crippen LogP contribution is -2.81. The van der Waals surface area contributed by atoms with Crippen molar-refractivity contribution in [2.45, 2.75) is 153 Å². The van der Waals surface area contributed by atoms with Crippen LogP contribution in [0.25, 0.3) is 0 Å². The average molecular weight is 950 g/mol. The zero-order chi connectivity index (χ0) is 49.9. The molecule has 7 rings (SSSR count). The van der Waals surface area contributed by atoms with E-state index in [2.05, 4.69) is 5.32 Å². The highest BCUT2D eigenvalue weighted by Gasteiger charge is 2.78. The third-order valence-corrected chi connectivity index (χ3v) is 14.3. The van der Waals surface area contributed by atoms with Gasteiger partial charge in [-0.1, -0.05) is 62.4 Å². The number of Topliss-reactive ketones (excluding diaryl/α,β-unsaturated/α-hetero) is 1. The molecule has 2 saturated carbocycles. The van der Waals surface area contributed by atoms with Gasteiger partial charge in [-0.25, -0.2) is 24.0 Å². The summed E-state index contributed by atoms with van der Waals surface area (Å²) in [6.07, 6.45) is -15.2. The summed E-state index contributed by atoms with van der Waals surface area (Å²) in [5, 5.41) is 50.3. The van der Waals surface area contributed by atoms with Gasteiger partial charge in [0.2, 0.25) is 6.10 Å². The summed E-state index contributed by atoms with van der Waals surface area (Å²) in [6, 6.07) is 14.1. The largest absolute Gasteiger partial charge is 0.479 e. The first kappa shape index (κ1) is 50.2. The lowest BCUT2D eigenvalue weighted by molar-refractivity contribution is -0.346. The number of rotatable bonds is 11. The Morgan fingerprint density at radius 2 is 1.51 bits per heavy atom. The fourth-order valence-electron chi connectivity index (χ4n) is 10.9. The number of nitrogens with one attached hydrogen (secondary N) is 1. The number of hydrogen-bond acceptors (Lipinski definition) is 17. The number of carbonyl (C=O) groups excluding carboxylic acids is 6. The summed E-state index contributed by atoms with van der Waals surface area (Å²) < 4.78 is 41.3. The van der Waals surface area contributed by atoms with Crippen LogP contribution in [0.4, 0.5) is 4.79 Å². The minimum absolute atomic E-state index is 0.0316. The monoisotopic (exact) mass is 949 g/mol. The molecule has 2 bridgehead atoms. The SMILES string of the molecule is CC(=O)O[C@@]12CO[C@@H]1C[C@H](O)[C@@]1(C)C(=O)[C@H](O)C3=C(C)[C@@H](OC(=O)[C@H](OC(=O)C4CCC(C(=O)O)O4)[C@@H](NC(=O)OC(C)(C)C)c4ccccc4)C[C@@](O)([C@@H](OC(=O)c4ccccc4)[C@H]21)C3(C)C. The highest BCUT2D eigenvalue weighted by Crippen LogP contribution is 2.64. The maximum atomic E-state index is 15.2. The molecule has 5 aliphatic rings. The van der Waals surface area contributed by atoms with Gasteiger partial charge in [-0.15, -0.1) is 0 Å². The van der Waals surface area contributed by atoms with E-state index in [-0.39, 0.29) is 48.1 Å². The first-order valence-electron chi connectivity index (χ1n) is 22.5. The van der Waals surface area contributed by atoms with Crippen LogP contribution in [0.15, 0.2) is 71.8 Å². The van der Waals surface area contributed by atoms with Gasteiger partial charge in [-0.3, -0.25) is 9.59 Å². The number of carbonyl (C=O) groups is 7. The highest BCUT2D eigenvalue weighted by atomic mass is 16.6. The Morgan fingerprint density at radius 3 is 2.07 bits per heavy atom. The lowest BCUT2D eigenvalue weighted by atomic mass is 9.44. The van der Waals surface area contributed by atoms with Crippen LogP contribution in [-0.4, -0.2) is 134 Å². The zero-order valence-electron chi connectivity index (χ0n) is 39.1. The molecule has 13 atom stereocenters. The molecule has 3 aliphatic carbocycles. The van der Waals surface area contributed by atoms with Crippen LogP contribution in [0, 0.1) is 16.7 Å². The molecule has 2 aromatic carbocycles. The number of aliphatic carboxylic acids is 1. The molecule has 0 spiro atoms. The molecule has 68 heavy (non-hydrogen) atoms. The van der Waals surface area contributed by atoms with E-state index >= 15 is 9.59 Å². The molecule has 368 valence electrons. The molecule has 19 heteroatoms. The predicted octanol–water partition coefficient (Wildman–Crippen LogP) is 3.44. The number of carboxylic acid groups (broad SMARTS) is 1. The van der Waals surface area contributed by atoms with Gasteiger partial charge in [0.05, 0.1) is 29.6 Å². The van der Waals surface area contributed by atoms with Crippen molar-refractivity contribution in [1.29, 1.82) is 0 Å². The third-order valence-electron chi connectivity index (χ3n) is 14.3. The summed E-state index contributed by atoms with van der Waals surface area (Å²) in [4.78, 5) is 96.7. The molecule has 0 aromatic heterocycles. The van der Waals surface area contributed by atoms with Crippen LogP contribution in [0.1, 0.15) is 103 Å². The number of benzene rings is 2. The second-order valence-electron chi connectivity index (χ2n) is 20.0. The summed E-state index contributed by atoms with van der Waals surface area (Å²) in [5.41, 5.74) is -8.96. The smallest absolute Gasteiger partial charge is 0.408 e. The molecule has 4 fully saturated rings. The van der Waals surface area contributed by atoms with Crippen molar-refractivity contribution in [3.63, 3.8) is 0 Å². The van der Waals surface area contributed by atoms with Gasteiger partial charge in [-0.2, -0.15) is 0 Å². The second kappa shape index (κ2) is 18.3. The van der Waals surface area contributed by atoms with Crippen LogP contribution in [0.5, 0.6) is 0 Å². The van der Waals surface area contributed by atoms with E-state index in [1.165, 1.54) is 52.0 Å². The van der Waals surface area contributed by atoms with E-state index in [4.69, 9.17) is 33.2 Å². The van der Waals surface area contributed by atoms with Gasteiger partial charge < -0.3 is 58.9 Å². The number of amides is 1. The van der Waals surface area contributed by atoms with E-state index in [9.17, 15) is 44.4 Å². The molecule has 19 nitrogen and oxygen atoms in total. The van der Waals surface area contributed by atoms with Crippen molar-refractivity contribution in [2.75, 3.05) is 6.61 Å². The van der Waals surface area contributed by atoms with Crippen LogP contribution >= 0.6 is 0 Å². The van der Waals surface area contributed by atoms with Gasteiger partial charge in [0.1, 0.15) is 41.7 Å². The Balaban J connectivity index is 1.37.